The predicted molar refractivity (Wildman–Crippen MR) is 73.4 cm³/mol. The number of halogens is 2. The SMILES string of the molecule is CCCC(C)C(CCl)Cc1ccccc1Cl. The Labute approximate surface area is 109 Å². The molecule has 0 bridgehead atoms. The van der Waals surface area contributed by atoms with Crippen molar-refractivity contribution in [3.63, 3.8) is 0 Å². The lowest BCUT2D eigenvalue weighted by Crippen LogP contribution is -2.16. The van der Waals surface area contributed by atoms with Crippen molar-refractivity contribution in [1.29, 1.82) is 0 Å². The fraction of sp³-hybridized carbons (Fsp3) is 0.571. The topological polar surface area (TPSA) is 0 Å². The zero-order valence-electron chi connectivity index (χ0n) is 10.0. The fourth-order valence-corrected chi connectivity index (χ4v) is 2.67. The maximum atomic E-state index is 6.16. The van der Waals surface area contributed by atoms with Crippen molar-refractivity contribution in [1.82, 2.24) is 0 Å². The van der Waals surface area contributed by atoms with Crippen molar-refractivity contribution < 1.29 is 0 Å². The zero-order valence-corrected chi connectivity index (χ0v) is 11.6. The van der Waals surface area contributed by atoms with Gasteiger partial charge in [-0.2, -0.15) is 0 Å². The largest absolute Gasteiger partial charge is 0.126 e. The second-order valence-corrected chi connectivity index (χ2v) is 5.19. The number of hydrogen-bond acceptors (Lipinski definition) is 0. The van der Waals surface area contributed by atoms with Gasteiger partial charge < -0.3 is 0 Å². The lowest BCUT2D eigenvalue weighted by atomic mass is 9.87. The molecule has 0 aromatic heterocycles. The molecule has 2 unspecified atom stereocenters. The molecule has 0 aliphatic carbocycles. The summed E-state index contributed by atoms with van der Waals surface area (Å²) in [7, 11) is 0. The van der Waals surface area contributed by atoms with E-state index in [1.807, 2.05) is 18.2 Å². The first-order valence-electron chi connectivity index (χ1n) is 5.98. The predicted octanol–water partition coefficient (Wildman–Crippen LogP) is 5.17. The molecular formula is C14H20Cl2. The van der Waals surface area contributed by atoms with E-state index >= 15 is 0 Å². The van der Waals surface area contributed by atoms with E-state index in [1.54, 1.807) is 0 Å². The summed E-state index contributed by atoms with van der Waals surface area (Å²) in [6.07, 6.45) is 3.45. The van der Waals surface area contributed by atoms with Crippen molar-refractivity contribution in [2.75, 3.05) is 5.88 Å². The molecule has 2 heteroatoms. The second kappa shape index (κ2) is 7.19. The minimum Gasteiger partial charge on any atom is -0.126 e. The van der Waals surface area contributed by atoms with E-state index in [-0.39, 0.29) is 0 Å². The highest BCUT2D eigenvalue weighted by atomic mass is 35.5. The van der Waals surface area contributed by atoms with Crippen molar-refractivity contribution in [2.45, 2.75) is 33.1 Å². The van der Waals surface area contributed by atoms with E-state index in [0.29, 0.717) is 17.7 Å². The average molecular weight is 259 g/mol. The molecule has 2 atom stereocenters. The first kappa shape index (κ1) is 13.9. The Kier molecular flexibility index (Phi) is 6.23. The van der Waals surface area contributed by atoms with Gasteiger partial charge in [-0.15, -0.1) is 11.6 Å². The lowest BCUT2D eigenvalue weighted by molar-refractivity contribution is 0.363. The second-order valence-electron chi connectivity index (χ2n) is 4.48. The highest BCUT2D eigenvalue weighted by Crippen LogP contribution is 2.26. The molecule has 0 heterocycles. The fourth-order valence-electron chi connectivity index (χ4n) is 2.05. The van der Waals surface area contributed by atoms with Crippen LogP contribution in [0.2, 0.25) is 5.02 Å². The summed E-state index contributed by atoms with van der Waals surface area (Å²) in [4.78, 5) is 0. The van der Waals surface area contributed by atoms with Gasteiger partial charge in [-0.1, -0.05) is 56.5 Å². The number of hydrogen-bond donors (Lipinski definition) is 0. The molecular weight excluding hydrogens is 239 g/mol. The summed E-state index contributed by atoms with van der Waals surface area (Å²) in [5.41, 5.74) is 1.22. The Morgan fingerprint density at radius 2 is 1.94 bits per heavy atom. The smallest absolute Gasteiger partial charge is 0.0438 e. The van der Waals surface area contributed by atoms with Crippen LogP contribution >= 0.6 is 23.2 Å². The van der Waals surface area contributed by atoms with Crippen molar-refractivity contribution in [3.8, 4) is 0 Å². The standard InChI is InChI=1S/C14H20Cl2/c1-3-6-11(2)13(10-15)9-12-7-4-5-8-14(12)16/h4-5,7-8,11,13H,3,6,9-10H2,1-2H3. The van der Waals surface area contributed by atoms with Gasteiger partial charge in [0.2, 0.25) is 0 Å². The summed E-state index contributed by atoms with van der Waals surface area (Å²) < 4.78 is 0. The van der Waals surface area contributed by atoms with Gasteiger partial charge >= 0.3 is 0 Å². The molecule has 1 aromatic rings. The highest BCUT2D eigenvalue weighted by molar-refractivity contribution is 6.31. The Bertz CT molecular complexity index is 309. The maximum Gasteiger partial charge on any atom is 0.0438 e. The summed E-state index contributed by atoms with van der Waals surface area (Å²) in [5.74, 6) is 1.91. The molecule has 0 radical (unpaired) electrons. The Morgan fingerprint density at radius 3 is 2.50 bits per heavy atom. The summed E-state index contributed by atoms with van der Waals surface area (Å²) in [6, 6.07) is 8.06. The number of rotatable bonds is 6. The van der Waals surface area contributed by atoms with E-state index in [0.717, 1.165) is 11.4 Å². The van der Waals surface area contributed by atoms with Gasteiger partial charge in [0.05, 0.1) is 0 Å². The third kappa shape index (κ3) is 3.99. The maximum absolute atomic E-state index is 6.16. The van der Waals surface area contributed by atoms with Crippen LogP contribution in [0.5, 0.6) is 0 Å². The third-order valence-electron chi connectivity index (χ3n) is 3.19. The van der Waals surface area contributed by atoms with Gasteiger partial charge in [0.15, 0.2) is 0 Å². The molecule has 90 valence electrons. The van der Waals surface area contributed by atoms with Crippen molar-refractivity contribution in [2.24, 2.45) is 11.8 Å². The first-order valence-corrected chi connectivity index (χ1v) is 6.89. The molecule has 0 fully saturated rings. The van der Waals surface area contributed by atoms with Crippen LogP contribution in [-0.4, -0.2) is 5.88 Å². The molecule has 1 rings (SSSR count). The third-order valence-corrected chi connectivity index (χ3v) is 3.95. The van der Waals surface area contributed by atoms with Crippen LogP contribution in [0.15, 0.2) is 24.3 Å². The van der Waals surface area contributed by atoms with Crippen LogP contribution in [0, 0.1) is 11.8 Å². The number of benzene rings is 1. The molecule has 0 amide bonds. The van der Waals surface area contributed by atoms with E-state index < -0.39 is 0 Å². The highest BCUT2D eigenvalue weighted by Gasteiger charge is 2.17. The molecule has 0 nitrogen and oxygen atoms in total. The van der Waals surface area contributed by atoms with Crippen LogP contribution < -0.4 is 0 Å². The Balaban J connectivity index is 2.66. The molecule has 0 saturated heterocycles. The molecule has 0 spiro atoms. The van der Waals surface area contributed by atoms with E-state index in [1.165, 1.54) is 18.4 Å². The molecule has 0 N–H and O–H groups in total. The minimum absolute atomic E-state index is 0.529. The average Bonchev–Trinajstić information content (AvgIpc) is 2.28. The van der Waals surface area contributed by atoms with Crippen molar-refractivity contribution >= 4 is 23.2 Å². The van der Waals surface area contributed by atoms with Crippen LogP contribution in [0.1, 0.15) is 32.3 Å². The zero-order chi connectivity index (χ0) is 12.0. The lowest BCUT2D eigenvalue weighted by Gasteiger charge is -2.21. The van der Waals surface area contributed by atoms with Crippen LogP contribution in [0.3, 0.4) is 0 Å². The minimum atomic E-state index is 0.529. The summed E-state index contributed by atoms with van der Waals surface area (Å²) in [6.45, 7) is 4.50. The molecule has 1 aromatic carbocycles. The van der Waals surface area contributed by atoms with Gasteiger partial charge in [-0.05, 0) is 29.9 Å². The first-order chi connectivity index (χ1) is 7.69. The summed E-state index contributed by atoms with van der Waals surface area (Å²) in [5, 5.41) is 0.862. The van der Waals surface area contributed by atoms with E-state index in [2.05, 4.69) is 19.9 Å². The molecule has 0 aliphatic rings. The van der Waals surface area contributed by atoms with Gasteiger partial charge in [0.25, 0.3) is 0 Å². The Morgan fingerprint density at radius 1 is 1.25 bits per heavy atom. The van der Waals surface area contributed by atoms with E-state index in [4.69, 9.17) is 23.2 Å². The van der Waals surface area contributed by atoms with Crippen LogP contribution in [0.25, 0.3) is 0 Å². The molecule has 0 saturated carbocycles. The normalized spacial score (nSPS) is 14.8. The van der Waals surface area contributed by atoms with Crippen LogP contribution in [0.4, 0.5) is 0 Å². The van der Waals surface area contributed by atoms with Gasteiger partial charge in [-0.25, -0.2) is 0 Å². The van der Waals surface area contributed by atoms with Crippen molar-refractivity contribution in [3.05, 3.63) is 34.9 Å². The van der Waals surface area contributed by atoms with E-state index in [9.17, 15) is 0 Å². The Hall–Kier alpha value is -0.200. The molecule has 0 aliphatic heterocycles. The van der Waals surface area contributed by atoms with Gasteiger partial charge in [-0.3, -0.25) is 0 Å². The van der Waals surface area contributed by atoms with Crippen LogP contribution in [-0.2, 0) is 6.42 Å². The number of alkyl halides is 1. The quantitative estimate of drug-likeness (QED) is 0.618. The summed E-state index contributed by atoms with van der Waals surface area (Å²) >= 11 is 12.2. The van der Waals surface area contributed by atoms with Gasteiger partial charge in [0, 0.05) is 10.9 Å². The molecule has 16 heavy (non-hydrogen) atoms. The monoisotopic (exact) mass is 258 g/mol. The van der Waals surface area contributed by atoms with Gasteiger partial charge in [0.1, 0.15) is 0 Å².